The van der Waals surface area contributed by atoms with Crippen molar-refractivity contribution in [3.05, 3.63) is 41.7 Å². The van der Waals surface area contributed by atoms with E-state index in [1.807, 2.05) is 35.3 Å². The Morgan fingerprint density at radius 2 is 2.03 bits per heavy atom. The molecule has 2 amide bonds. The van der Waals surface area contributed by atoms with Crippen molar-refractivity contribution in [2.24, 2.45) is 22.7 Å². The Balaban J connectivity index is 1.28. The standard InChI is InChI=1S/C28H31N7O4/c1-38-25-20(18-14-30-35(15-18)16-19-5-3-10-28(19)11-4-12-39-28)6-2-7-21(25)31-22-13-23(32-27(37)17-8-9-17)33-34-24(22)26(29)36/h2,6-7,13-17,19H,3-5,8-12H2,1H3,(H3-,29,31,32,33,36,37)/p+1/b35-16-/t19?,28-/m0/s1. The van der Waals surface area contributed by atoms with E-state index in [9.17, 15) is 9.59 Å². The number of allylic oxidation sites excluding steroid dienone is 1. The number of hydrogen-bond donors (Lipinski definition) is 3. The number of rotatable bonds is 8. The van der Waals surface area contributed by atoms with Gasteiger partial charge in [0.15, 0.2) is 17.7 Å². The van der Waals surface area contributed by atoms with Crippen LogP contribution in [0.2, 0.25) is 0 Å². The van der Waals surface area contributed by atoms with Gasteiger partial charge in [0.1, 0.15) is 12.0 Å². The largest absolute Gasteiger partial charge is 0.494 e. The van der Waals surface area contributed by atoms with Crippen LogP contribution < -0.4 is 21.1 Å². The number of carbonyl (C=O) groups excluding carboxylic acids is 2. The van der Waals surface area contributed by atoms with Gasteiger partial charge in [-0.1, -0.05) is 16.8 Å². The van der Waals surface area contributed by atoms with Crippen LogP contribution in [0.3, 0.4) is 0 Å². The normalized spacial score (nSPS) is 24.8. The third-order valence-electron chi connectivity index (χ3n) is 7.89. The van der Waals surface area contributed by atoms with Crippen molar-refractivity contribution in [3.8, 4) is 5.75 Å². The predicted molar refractivity (Wildman–Crippen MR) is 146 cm³/mol. The highest BCUT2D eigenvalue weighted by Gasteiger charge is 2.47. The molecule has 0 bridgehead atoms. The predicted octanol–water partition coefficient (Wildman–Crippen LogP) is 3.45. The van der Waals surface area contributed by atoms with E-state index in [0.29, 0.717) is 23.0 Å². The van der Waals surface area contributed by atoms with E-state index in [-0.39, 0.29) is 28.9 Å². The van der Waals surface area contributed by atoms with Crippen LogP contribution in [0.1, 0.15) is 61.0 Å². The van der Waals surface area contributed by atoms with E-state index >= 15 is 0 Å². The summed E-state index contributed by atoms with van der Waals surface area (Å²) in [6.45, 7) is 0.838. The highest BCUT2D eigenvalue weighted by Crippen LogP contribution is 2.45. The highest BCUT2D eigenvalue weighted by molar-refractivity contribution is 6.12. The minimum absolute atomic E-state index is 0.00106. The van der Waals surface area contributed by atoms with Crippen LogP contribution in [-0.4, -0.2) is 58.4 Å². The summed E-state index contributed by atoms with van der Waals surface area (Å²) in [5.74, 6) is 0.278. The Hall–Kier alpha value is -4.12. The fraction of sp³-hybridized carbons (Fsp3) is 0.429. The number of amides is 2. The first-order valence-corrected chi connectivity index (χ1v) is 13.4. The monoisotopic (exact) mass is 530 g/mol. The minimum Gasteiger partial charge on any atom is -0.494 e. The number of nitrogens with one attached hydrogen (secondary N) is 2. The zero-order valence-corrected chi connectivity index (χ0v) is 21.9. The maximum Gasteiger partial charge on any atom is 0.271 e. The van der Waals surface area contributed by atoms with Gasteiger partial charge in [0.25, 0.3) is 5.91 Å². The summed E-state index contributed by atoms with van der Waals surface area (Å²) < 4.78 is 13.9. The molecule has 2 aliphatic carbocycles. The number of aromatic nitrogens is 2. The number of nitrogens with zero attached hydrogens (tertiary/aromatic N) is 4. The number of anilines is 3. The Labute approximate surface area is 226 Å². The summed E-state index contributed by atoms with van der Waals surface area (Å²) in [7, 11) is 1.58. The summed E-state index contributed by atoms with van der Waals surface area (Å²) in [6, 6.07) is 7.21. The molecule has 2 atom stereocenters. The lowest BCUT2D eigenvalue weighted by molar-refractivity contribution is -0.455. The second-order valence-corrected chi connectivity index (χ2v) is 10.5. The van der Waals surface area contributed by atoms with Gasteiger partial charge in [-0.3, -0.25) is 9.59 Å². The van der Waals surface area contributed by atoms with Gasteiger partial charge in [0, 0.05) is 24.2 Å². The Morgan fingerprint density at radius 1 is 1.18 bits per heavy atom. The van der Waals surface area contributed by atoms with Crippen molar-refractivity contribution in [3.63, 3.8) is 0 Å². The van der Waals surface area contributed by atoms with Gasteiger partial charge in [0.2, 0.25) is 12.1 Å². The lowest BCUT2D eigenvalue weighted by Gasteiger charge is -2.26. The molecule has 1 aromatic heterocycles. The van der Waals surface area contributed by atoms with Crippen LogP contribution in [0.25, 0.3) is 5.57 Å². The van der Waals surface area contributed by atoms with Crippen molar-refractivity contribution < 1.29 is 23.7 Å². The second-order valence-electron chi connectivity index (χ2n) is 10.5. The van der Waals surface area contributed by atoms with Crippen LogP contribution in [0, 0.1) is 11.8 Å². The quantitative estimate of drug-likeness (QED) is 0.444. The fourth-order valence-electron chi connectivity index (χ4n) is 5.76. The zero-order valence-electron chi connectivity index (χ0n) is 21.9. The highest BCUT2D eigenvalue weighted by atomic mass is 16.5. The molecule has 1 aromatic carbocycles. The maximum absolute atomic E-state index is 12.2. The van der Waals surface area contributed by atoms with E-state index in [4.69, 9.17) is 15.2 Å². The Bertz CT molecular complexity index is 1400. The van der Waals surface area contributed by atoms with E-state index in [1.165, 1.54) is 6.42 Å². The molecule has 11 heteroatoms. The maximum atomic E-state index is 12.2. The smallest absolute Gasteiger partial charge is 0.271 e. The molecule has 4 N–H and O–H groups in total. The molecule has 202 valence electrons. The molecular formula is C28H32N7O4+. The topological polar surface area (TPSA) is 144 Å². The molecule has 1 spiro atoms. The fourth-order valence-corrected chi connectivity index (χ4v) is 5.76. The number of hydrazone groups is 1. The number of benzene rings is 1. The first-order chi connectivity index (χ1) is 19.0. The van der Waals surface area contributed by atoms with Crippen molar-refractivity contribution in [2.45, 2.75) is 50.5 Å². The van der Waals surface area contributed by atoms with E-state index in [2.05, 4.69) is 32.1 Å². The molecule has 2 aliphatic heterocycles. The molecular weight excluding hydrogens is 498 g/mol. The molecule has 4 aliphatic rings. The summed E-state index contributed by atoms with van der Waals surface area (Å²) >= 11 is 0. The lowest BCUT2D eigenvalue weighted by atomic mass is 9.89. The number of carbonyl (C=O) groups is 2. The molecule has 0 radical (unpaired) electrons. The van der Waals surface area contributed by atoms with E-state index < -0.39 is 5.91 Å². The molecule has 1 saturated heterocycles. The van der Waals surface area contributed by atoms with Crippen molar-refractivity contribution in [1.82, 2.24) is 10.2 Å². The molecule has 1 unspecified atom stereocenters. The van der Waals surface area contributed by atoms with Crippen LogP contribution in [0.5, 0.6) is 5.75 Å². The molecule has 3 fully saturated rings. The Morgan fingerprint density at radius 3 is 2.77 bits per heavy atom. The van der Waals surface area contributed by atoms with Gasteiger partial charge < -0.3 is 25.8 Å². The van der Waals surface area contributed by atoms with Gasteiger partial charge in [0.05, 0.1) is 35.6 Å². The van der Waals surface area contributed by atoms with Gasteiger partial charge in [-0.25, -0.2) is 0 Å². The number of ether oxygens (including phenoxy) is 2. The van der Waals surface area contributed by atoms with Gasteiger partial charge >= 0.3 is 0 Å². The van der Waals surface area contributed by atoms with Crippen molar-refractivity contribution in [1.29, 1.82) is 0 Å². The van der Waals surface area contributed by atoms with Gasteiger partial charge in [-0.05, 0) is 56.1 Å². The van der Waals surface area contributed by atoms with E-state index in [0.717, 1.165) is 56.3 Å². The van der Waals surface area contributed by atoms with Crippen molar-refractivity contribution >= 4 is 47.0 Å². The SMILES string of the molecule is COc1c(Nc2cc(NC(=O)C3CC3)nnc2C(N)=O)cccc1C1=C/[N+](=C/C2CCC[C@]23CCCO3)N=C1. The average molecular weight is 531 g/mol. The third kappa shape index (κ3) is 5.01. The average Bonchev–Trinajstić information content (AvgIpc) is 3.30. The number of nitrogens with two attached hydrogens (primary N) is 1. The van der Waals surface area contributed by atoms with Crippen molar-refractivity contribution in [2.75, 3.05) is 24.4 Å². The summed E-state index contributed by atoms with van der Waals surface area (Å²) in [5, 5.41) is 18.5. The number of primary amides is 1. The zero-order chi connectivity index (χ0) is 27.0. The van der Waals surface area contributed by atoms with E-state index in [1.54, 1.807) is 13.2 Å². The van der Waals surface area contributed by atoms with Crippen LogP contribution >= 0.6 is 0 Å². The summed E-state index contributed by atoms with van der Waals surface area (Å²) in [6.07, 6.45) is 13.3. The van der Waals surface area contributed by atoms with Gasteiger partial charge in [-0.15, -0.1) is 10.2 Å². The molecule has 3 heterocycles. The van der Waals surface area contributed by atoms with Gasteiger partial charge in [-0.2, -0.15) is 0 Å². The molecule has 2 saturated carbocycles. The first kappa shape index (κ1) is 25.2. The second kappa shape index (κ2) is 10.2. The Kier molecular flexibility index (Phi) is 6.59. The molecule has 2 aromatic rings. The van der Waals surface area contributed by atoms with Crippen LogP contribution in [-0.2, 0) is 9.53 Å². The summed E-state index contributed by atoms with van der Waals surface area (Å²) in [4.78, 5) is 24.3. The number of hydrogen-bond acceptors (Lipinski definition) is 8. The number of methoxy groups -OCH3 is 1. The molecule has 6 rings (SSSR count). The summed E-state index contributed by atoms with van der Waals surface area (Å²) in [5.41, 5.74) is 8.08. The lowest BCUT2D eigenvalue weighted by Crippen LogP contribution is -2.34. The third-order valence-corrected chi connectivity index (χ3v) is 7.89. The minimum atomic E-state index is -0.743. The van der Waals surface area contributed by atoms with Crippen LogP contribution in [0.4, 0.5) is 17.2 Å². The molecule has 39 heavy (non-hydrogen) atoms. The molecule has 11 nitrogen and oxygen atoms in total. The number of para-hydroxylation sites is 1. The first-order valence-electron chi connectivity index (χ1n) is 13.4. The van der Waals surface area contributed by atoms with Crippen LogP contribution in [0.15, 0.2) is 35.6 Å².